The molecule has 0 bridgehead atoms. The van der Waals surface area contributed by atoms with Crippen LogP contribution in [0, 0.1) is 6.92 Å². The van der Waals surface area contributed by atoms with Gasteiger partial charge in [-0.1, -0.05) is 37.3 Å². The summed E-state index contributed by atoms with van der Waals surface area (Å²) in [4.78, 5) is 8.40. The van der Waals surface area contributed by atoms with E-state index in [0.717, 1.165) is 45.0 Å². The minimum atomic E-state index is 0.500. The summed E-state index contributed by atoms with van der Waals surface area (Å²) in [7, 11) is 1.86. The van der Waals surface area contributed by atoms with E-state index in [2.05, 4.69) is 76.2 Å². The number of hydrogen-bond donors (Lipinski definition) is 2. The van der Waals surface area contributed by atoms with E-state index in [0.29, 0.717) is 12.0 Å². The van der Waals surface area contributed by atoms with E-state index in [4.69, 9.17) is 0 Å². The Bertz CT molecular complexity index is 718. The first kappa shape index (κ1) is 19.9. The molecule has 1 aromatic carbocycles. The minimum absolute atomic E-state index is 0.500. The maximum Gasteiger partial charge on any atom is 0.191 e. The van der Waals surface area contributed by atoms with Gasteiger partial charge in [0.2, 0.25) is 0 Å². The molecule has 5 heteroatoms. The highest BCUT2D eigenvalue weighted by atomic mass is 32.1. The van der Waals surface area contributed by atoms with E-state index in [9.17, 15) is 0 Å². The average molecular weight is 385 g/mol. The fraction of sp³-hybridized carbons (Fsp3) is 0.500. The first-order valence-electron chi connectivity index (χ1n) is 9.93. The van der Waals surface area contributed by atoms with Gasteiger partial charge in [-0.15, -0.1) is 11.3 Å². The predicted molar refractivity (Wildman–Crippen MR) is 117 cm³/mol. The van der Waals surface area contributed by atoms with Crippen molar-refractivity contribution in [3.05, 3.63) is 57.8 Å². The smallest absolute Gasteiger partial charge is 0.191 e. The molecule has 2 N–H and O–H groups in total. The molecule has 27 heavy (non-hydrogen) atoms. The second-order valence-corrected chi connectivity index (χ2v) is 8.47. The van der Waals surface area contributed by atoms with Gasteiger partial charge < -0.3 is 10.6 Å². The molecule has 0 amide bonds. The van der Waals surface area contributed by atoms with Gasteiger partial charge in [0, 0.05) is 50.1 Å². The molecule has 146 valence electrons. The second kappa shape index (κ2) is 9.90. The van der Waals surface area contributed by atoms with Crippen molar-refractivity contribution in [3.63, 3.8) is 0 Å². The Labute approximate surface area is 167 Å². The largest absolute Gasteiger partial charge is 0.356 e. The summed E-state index contributed by atoms with van der Waals surface area (Å²) in [6, 6.07) is 13.5. The van der Waals surface area contributed by atoms with Crippen LogP contribution in [0.4, 0.5) is 0 Å². The van der Waals surface area contributed by atoms with Crippen LogP contribution < -0.4 is 10.6 Å². The zero-order chi connectivity index (χ0) is 19.1. The molecular weight excluding hydrogens is 352 g/mol. The Kier molecular flexibility index (Phi) is 7.30. The maximum absolute atomic E-state index is 4.42. The number of guanidine groups is 1. The Balaban J connectivity index is 1.41. The third kappa shape index (κ3) is 5.81. The fourth-order valence-electron chi connectivity index (χ4n) is 3.57. The van der Waals surface area contributed by atoms with Gasteiger partial charge in [0.25, 0.3) is 0 Å². The van der Waals surface area contributed by atoms with Crippen LogP contribution in [-0.4, -0.2) is 43.6 Å². The quantitative estimate of drug-likeness (QED) is 0.584. The molecule has 0 spiro atoms. The van der Waals surface area contributed by atoms with E-state index in [1.165, 1.54) is 16.0 Å². The lowest BCUT2D eigenvalue weighted by molar-refractivity contribution is 0.198. The lowest BCUT2D eigenvalue weighted by Gasteiger charge is -2.33. The van der Waals surface area contributed by atoms with E-state index < -0.39 is 0 Å². The van der Waals surface area contributed by atoms with Crippen molar-refractivity contribution >= 4 is 17.3 Å². The van der Waals surface area contributed by atoms with E-state index >= 15 is 0 Å². The number of thiophene rings is 1. The molecule has 2 heterocycles. The van der Waals surface area contributed by atoms with Gasteiger partial charge in [-0.2, -0.15) is 0 Å². The lowest BCUT2D eigenvalue weighted by atomic mass is 10.0. The molecule has 2 aromatic rings. The monoisotopic (exact) mass is 384 g/mol. The molecule has 1 fully saturated rings. The number of rotatable bonds is 6. The first-order valence-corrected chi connectivity index (χ1v) is 10.8. The molecular formula is C22H32N4S. The highest BCUT2D eigenvalue weighted by molar-refractivity contribution is 7.10. The third-order valence-electron chi connectivity index (χ3n) is 5.41. The molecule has 0 aliphatic carbocycles. The van der Waals surface area contributed by atoms with Crippen LogP contribution in [0.1, 0.15) is 41.7 Å². The summed E-state index contributed by atoms with van der Waals surface area (Å²) in [5.74, 6) is 1.43. The standard InChI is InChI=1S/C22H32N4S/c1-17-7-4-5-8-19(17)16-26-12-10-20(11-13-26)25-22(23-3)24-15-18(2)21-9-6-14-27-21/h4-9,14,18,20H,10-13,15-16H2,1-3H3,(H2,23,24,25). The zero-order valence-corrected chi connectivity index (χ0v) is 17.6. The van der Waals surface area contributed by atoms with E-state index in [1.54, 1.807) is 0 Å². The SMILES string of the molecule is CN=C(NCC(C)c1cccs1)NC1CCN(Cc2ccccc2C)CC1. The van der Waals surface area contributed by atoms with E-state index in [-0.39, 0.29) is 0 Å². The predicted octanol–water partition coefficient (Wildman–Crippen LogP) is 3.99. The summed E-state index contributed by atoms with van der Waals surface area (Å²) in [6.45, 7) is 8.70. The Morgan fingerprint density at radius 2 is 2.00 bits per heavy atom. The number of aryl methyl sites for hydroxylation is 1. The van der Waals surface area contributed by atoms with Crippen molar-refractivity contribution < 1.29 is 0 Å². The molecule has 1 aromatic heterocycles. The average Bonchev–Trinajstić information content (AvgIpc) is 3.23. The number of nitrogens with zero attached hydrogens (tertiary/aromatic N) is 2. The number of piperidine rings is 1. The van der Waals surface area contributed by atoms with Crippen LogP contribution in [0.5, 0.6) is 0 Å². The molecule has 1 aliphatic heterocycles. The van der Waals surface area contributed by atoms with E-state index in [1.807, 2.05) is 18.4 Å². The van der Waals surface area contributed by atoms with Gasteiger partial charge in [0.1, 0.15) is 0 Å². The summed E-state index contributed by atoms with van der Waals surface area (Å²) < 4.78 is 0. The second-order valence-electron chi connectivity index (χ2n) is 7.49. The summed E-state index contributed by atoms with van der Waals surface area (Å²) in [5, 5.41) is 9.26. The lowest BCUT2D eigenvalue weighted by Crippen LogP contribution is -2.49. The molecule has 0 radical (unpaired) electrons. The Morgan fingerprint density at radius 3 is 2.67 bits per heavy atom. The molecule has 1 unspecified atom stereocenters. The highest BCUT2D eigenvalue weighted by Gasteiger charge is 2.20. The van der Waals surface area contributed by atoms with Crippen molar-refractivity contribution in [2.24, 2.45) is 4.99 Å². The van der Waals surface area contributed by atoms with Gasteiger partial charge in [-0.25, -0.2) is 0 Å². The highest BCUT2D eigenvalue weighted by Crippen LogP contribution is 2.20. The number of nitrogens with one attached hydrogen (secondary N) is 2. The van der Waals surface area contributed by atoms with Gasteiger partial charge in [0.15, 0.2) is 5.96 Å². The number of hydrogen-bond acceptors (Lipinski definition) is 3. The molecule has 1 aliphatic rings. The normalized spacial score (nSPS) is 17.7. The number of aliphatic imine (C=N–C) groups is 1. The van der Waals surface area contributed by atoms with Gasteiger partial charge in [-0.3, -0.25) is 9.89 Å². The zero-order valence-electron chi connectivity index (χ0n) is 16.7. The van der Waals surface area contributed by atoms with Gasteiger partial charge in [-0.05, 0) is 42.3 Å². The van der Waals surface area contributed by atoms with Crippen molar-refractivity contribution in [1.82, 2.24) is 15.5 Å². The van der Waals surface area contributed by atoms with Crippen LogP contribution in [0.3, 0.4) is 0 Å². The van der Waals surface area contributed by atoms with Gasteiger partial charge >= 0.3 is 0 Å². The van der Waals surface area contributed by atoms with Crippen LogP contribution in [-0.2, 0) is 6.54 Å². The van der Waals surface area contributed by atoms with Crippen LogP contribution >= 0.6 is 11.3 Å². The molecule has 1 saturated heterocycles. The Hall–Kier alpha value is -1.85. The topological polar surface area (TPSA) is 39.7 Å². The number of likely N-dealkylation sites (tertiary alicyclic amines) is 1. The molecule has 1 atom stereocenters. The van der Waals surface area contributed by atoms with Gasteiger partial charge in [0.05, 0.1) is 0 Å². The minimum Gasteiger partial charge on any atom is -0.356 e. The third-order valence-corrected chi connectivity index (χ3v) is 6.52. The summed E-state index contributed by atoms with van der Waals surface area (Å²) >= 11 is 1.82. The molecule has 3 rings (SSSR count). The first-order chi connectivity index (χ1) is 13.2. The van der Waals surface area contributed by atoms with Crippen LogP contribution in [0.15, 0.2) is 46.8 Å². The summed E-state index contributed by atoms with van der Waals surface area (Å²) in [6.07, 6.45) is 2.32. The maximum atomic E-state index is 4.42. The van der Waals surface area contributed by atoms with Crippen LogP contribution in [0.25, 0.3) is 0 Å². The number of benzene rings is 1. The fourth-order valence-corrected chi connectivity index (χ4v) is 4.36. The van der Waals surface area contributed by atoms with Crippen LogP contribution in [0.2, 0.25) is 0 Å². The molecule has 0 saturated carbocycles. The van der Waals surface area contributed by atoms with Crippen molar-refractivity contribution in [2.75, 3.05) is 26.7 Å². The van der Waals surface area contributed by atoms with Crippen molar-refractivity contribution in [2.45, 2.75) is 45.2 Å². The summed E-state index contributed by atoms with van der Waals surface area (Å²) in [5.41, 5.74) is 2.84. The molecule has 4 nitrogen and oxygen atoms in total. The van der Waals surface area contributed by atoms with Crippen molar-refractivity contribution in [3.8, 4) is 0 Å². The Morgan fingerprint density at radius 1 is 1.22 bits per heavy atom. The van der Waals surface area contributed by atoms with Crippen molar-refractivity contribution in [1.29, 1.82) is 0 Å².